The number of rotatable bonds is 37. The Bertz CT molecular complexity index is 834. The van der Waals surface area contributed by atoms with Gasteiger partial charge in [-0.15, -0.1) is 0 Å². The second kappa shape index (κ2) is 34.5. The number of carbonyl (C=O) groups is 1. The molecule has 7 nitrogen and oxygen atoms in total. The lowest BCUT2D eigenvalue weighted by molar-refractivity contribution is -0.131. The largest absolute Gasteiger partial charge is 0.391 e. The van der Waals surface area contributed by atoms with E-state index >= 15 is 0 Å². The van der Waals surface area contributed by atoms with Crippen molar-refractivity contribution < 1.29 is 28.0 Å². The van der Waals surface area contributed by atoms with Gasteiger partial charge in [-0.2, -0.15) is 8.42 Å². The lowest BCUT2D eigenvalue weighted by Crippen LogP contribution is -2.50. The number of hydrogen-bond donors (Lipinski definition) is 4. The van der Waals surface area contributed by atoms with Gasteiger partial charge in [0.05, 0.1) is 17.9 Å². The monoisotopic (exact) mass is 702 g/mol. The van der Waals surface area contributed by atoms with E-state index in [1.165, 1.54) is 122 Å². The normalized spacial score (nSPS) is 14.0. The number of aliphatic hydroxyl groups excluding tert-OH is 2. The Kier molecular flexibility index (Phi) is 33.8. The van der Waals surface area contributed by atoms with Crippen LogP contribution in [0.25, 0.3) is 0 Å². The Morgan fingerprint density at radius 1 is 0.542 bits per heavy atom. The third-order valence-electron chi connectivity index (χ3n) is 9.58. The number of allylic oxidation sites excluding steroid dienone is 2. The Hall–Kier alpha value is -0.960. The minimum Gasteiger partial charge on any atom is -0.391 e. The molecule has 8 heteroatoms. The van der Waals surface area contributed by atoms with E-state index in [9.17, 15) is 28.0 Å². The molecule has 0 aliphatic carbocycles. The molecular weight excluding hydrogens is 623 g/mol. The van der Waals surface area contributed by atoms with Crippen molar-refractivity contribution in [1.82, 2.24) is 5.32 Å². The van der Waals surface area contributed by atoms with Gasteiger partial charge in [0.2, 0.25) is 5.91 Å². The van der Waals surface area contributed by atoms with Crippen molar-refractivity contribution in [3.8, 4) is 0 Å². The van der Waals surface area contributed by atoms with Crippen LogP contribution in [0.2, 0.25) is 0 Å². The maximum atomic E-state index is 12.6. The second-order valence-corrected chi connectivity index (χ2v) is 15.9. The number of amides is 1. The lowest BCUT2D eigenvalue weighted by Gasteiger charge is -2.24. The lowest BCUT2D eigenvalue weighted by atomic mass is 10.0. The fourth-order valence-corrected chi connectivity index (χ4v) is 7.16. The predicted molar refractivity (Wildman–Crippen MR) is 204 cm³/mol. The third-order valence-corrected chi connectivity index (χ3v) is 10.4. The number of nitrogens with one attached hydrogen (secondary N) is 1. The van der Waals surface area contributed by atoms with E-state index in [2.05, 4.69) is 31.3 Å². The quantitative estimate of drug-likeness (QED) is 0.0290. The zero-order valence-electron chi connectivity index (χ0n) is 31.5. The first kappa shape index (κ1) is 47.0. The van der Waals surface area contributed by atoms with Crippen LogP contribution in [0.4, 0.5) is 0 Å². The van der Waals surface area contributed by atoms with Gasteiger partial charge in [-0.25, -0.2) is 0 Å². The molecule has 4 N–H and O–H groups in total. The van der Waals surface area contributed by atoms with Crippen LogP contribution >= 0.6 is 0 Å². The van der Waals surface area contributed by atoms with E-state index < -0.39 is 40.0 Å². The van der Waals surface area contributed by atoms with E-state index in [1.54, 1.807) is 0 Å². The van der Waals surface area contributed by atoms with Gasteiger partial charge in [0, 0.05) is 0 Å². The molecule has 0 rings (SSSR count). The van der Waals surface area contributed by atoms with E-state index in [4.69, 9.17) is 0 Å². The highest BCUT2D eigenvalue weighted by Crippen LogP contribution is 2.16. The van der Waals surface area contributed by atoms with Crippen LogP contribution in [0.5, 0.6) is 0 Å². The van der Waals surface area contributed by atoms with Crippen molar-refractivity contribution in [1.29, 1.82) is 0 Å². The molecule has 0 aromatic carbocycles. The Morgan fingerprint density at radius 2 is 0.875 bits per heavy atom. The second-order valence-electron chi connectivity index (χ2n) is 14.4. The molecule has 1 amide bonds. The Labute approximate surface area is 297 Å². The molecule has 48 heavy (non-hydrogen) atoms. The van der Waals surface area contributed by atoms with E-state index in [0.717, 1.165) is 51.4 Å². The van der Waals surface area contributed by atoms with Crippen molar-refractivity contribution in [2.45, 2.75) is 231 Å². The summed E-state index contributed by atoms with van der Waals surface area (Å²) >= 11 is 0. The van der Waals surface area contributed by atoms with Gasteiger partial charge in [0.1, 0.15) is 6.10 Å². The smallest absolute Gasteiger partial charge is 0.266 e. The molecule has 3 atom stereocenters. The van der Waals surface area contributed by atoms with Crippen LogP contribution in [0.15, 0.2) is 12.2 Å². The summed E-state index contributed by atoms with van der Waals surface area (Å²) in [6.45, 7) is 4.50. The maximum Gasteiger partial charge on any atom is 0.266 e. The first-order valence-corrected chi connectivity index (χ1v) is 22.1. The van der Waals surface area contributed by atoms with Gasteiger partial charge in [0.15, 0.2) is 0 Å². The zero-order valence-corrected chi connectivity index (χ0v) is 32.3. The molecule has 0 aliphatic heterocycles. The summed E-state index contributed by atoms with van der Waals surface area (Å²) in [5, 5.41) is 23.5. The van der Waals surface area contributed by atoms with Crippen LogP contribution < -0.4 is 5.32 Å². The van der Waals surface area contributed by atoms with Crippen molar-refractivity contribution >= 4 is 16.0 Å². The summed E-state index contributed by atoms with van der Waals surface area (Å²) in [5.41, 5.74) is 0. The SMILES string of the molecule is CCCCCCCCC/C=C\CCCCCCC(O)C(=O)NC(CS(=O)(=O)O)C(O)CCCCCCCCCCCCCCCCCC. The van der Waals surface area contributed by atoms with Gasteiger partial charge < -0.3 is 15.5 Å². The first-order valence-electron chi connectivity index (χ1n) is 20.5. The molecule has 3 unspecified atom stereocenters. The minimum atomic E-state index is -4.41. The summed E-state index contributed by atoms with van der Waals surface area (Å²) in [7, 11) is -4.41. The van der Waals surface area contributed by atoms with Gasteiger partial charge >= 0.3 is 0 Å². The number of carbonyl (C=O) groups excluding carboxylic acids is 1. The molecule has 0 radical (unpaired) electrons. The number of hydrogen-bond acceptors (Lipinski definition) is 5. The van der Waals surface area contributed by atoms with Gasteiger partial charge in [-0.1, -0.05) is 187 Å². The van der Waals surface area contributed by atoms with Gasteiger partial charge in [-0.3, -0.25) is 9.35 Å². The summed E-state index contributed by atoms with van der Waals surface area (Å²) < 4.78 is 32.5. The Balaban J connectivity index is 4.00. The van der Waals surface area contributed by atoms with Gasteiger partial charge in [0.25, 0.3) is 10.1 Å². The van der Waals surface area contributed by atoms with Crippen LogP contribution in [0.3, 0.4) is 0 Å². The summed E-state index contributed by atoms with van der Waals surface area (Å²) in [4.78, 5) is 12.6. The fourth-order valence-electron chi connectivity index (χ4n) is 6.40. The fraction of sp³-hybridized carbons (Fsp3) is 0.925. The highest BCUT2D eigenvalue weighted by molar-refractivity contribution is 7.85. The van der Waals surface area contributed by atoms with Crippen LogP contribution in [0.1, 0.15) is 213 Å². The Morgan fingerprint density at radius 3 is 1.25 bits per heavy atom. The van der Waals surface area contributed by atoms with E-state index in [0.29, 0.717) is 19.3 Å². The third kappa shape index (κ3) is 33.5. The molecule has 0 aromatic rings. The molecule has 0 heterocycles. The highest BCUT2D eigenvalue weighted by Gasteiger charge is 2.28. The molecule has 0 saturated carbocycles. The predicted octanol–water partition coefficient (Wildman–Crippen LogP) is 10.8. The van der Waals surface area contributed by atoms with Crippen molar-refractivity contribution in [3.63, 3.8) is 0 Å². The average molecular weight is 702 g/mol. The molecule has 0 aliphatic rings. The van der Waals surface area contributed by atoms with Crippen LogP contribution in [0, 0.1) is 0 Å². The molecule has 0 aromatic heterocycles. The van der Waals surface area contributed by atoms with Crippen molar-refractivity contribution in [2.24, 2.45) is 0 Å². The first-order chi connectivity index (χ1) is 23.2. The summed E-state index contributed by atoms with van der Waals surface area (Å²) in [6.07, 6.45) is 37.9. The summed E-state index contributed by atoms with van der Waals surface area (Å²) in [6, 6.07) is -1.15. The highest BCUT2D eigenvalue weighted by atomic mass is 32.2. The average Bonchev–Trinajstić information content (AvgIpc) is 3.05. The molecule has 0 bridgehead atoms. The van der Waals surface area contributed by atoms with Crippen molar-refractivity contribution in [3.05, 3.63) is 12.2 Å². The van der Waals surface area contributed by atoms with Crippen molar-refractivity contribution in [2.75, 3.05) is 5.75 Å². The minimum absolute atomic E-state index is 0.285. The summed E-state index contributed by atoms with van der Waals surface area (Å²) in [5.74, 6) is -1.46. The van der Waals surface area contributed by atoms with Crippen LogP contribution in [-0.2, 0) is 14.9 Å². The molecule has 0 fully saturated rings. The standard InChI is InChI=1S/C40H79NO6S/c1-3-5-7-9-11-13-15-17-19-21-22-24-26-28-30-32-34-38(42)37(36-48(45,46)47)41-40(44)39(43)35-33-31-29-27-25-23-20-18-16-14-12-10-8-6-4-2/h20,23,37-39,42-43H,3-19,21-22,24-36H2,1-2H3,(H,41,44)(H,45,46,47)/b23-20-. The zero-order chi connectivity index (χ0) is 35.6. The van der Waals surface area contributed by atoms with Crippen LogP contribution in [-0.4, -0.2) is 53.1 Å². The topological polar surface area (TPSA) is 124 Å². The number of aliphatic hydroxyl groups is 2. The maximum absolute atomic E-state index is 12.6. The van der Waals surface area contributed by atoms with E-state index in [1.807, 2.05) is 0 Å². The molecule has 0 spiro atoms. The molecule has 0 saturated heterocycles. The molecule has 286 valence electrons. The molecular formula is C40H79NO6S. The van der Waals surface area contributed by atoms with E-state index in [-0.39, 0.29) is 6.42 Å². The van der Waals surface area contributed by atoms with Gasteiger partial charge in [-0.05, 0) is 38.5 Å². The number of unbranched alkanes of at least 4 members (excludes halogenated alkanes) is 26.